The third-order valence-electron chi connectivity index (χ3n) is 8.21. The normalized spacial score (nSPS) is 16.2. The number of carbonyl (C=O) groups excluding carboxylic acids is 3. The molecule has 0 spiro atoms. The van der Waals surface area contributed by atoms with Gasteiger partial charge in [0.25, 0.3) is 0 Å². The monoisotopic (exact) mass is 733 g/mol. The third-order valence-corrected chi connectivity index (χ3v) is 10.2. The van der Waals surface area contributed by atoms with Crippen LogP contribution in [-0.4, -0.2) is 94.2 Å². The number of imidazole rings is 1. The number of fused-ring (bicyclic) bond motifs is 2. The van der Waals surface area contributed by atoms with Crippen molar-refractivity contribution in [3.63, 3.8) is 0 Å². The van der Waals surface area contributed by atoms with Gasteiger partial charge in [-0.1, -0.05) is 18.2 Å². The summed E-state index contributed by atoms with van der Waals surface area (Å²) in [6.07, 6.45) is 5.84. The summed E-state index contributed by atoms with van der Waals surface area (Å²) in [5, 5.41) is 3.22. The minimum absolute atomic E-state index is 0.187. The maximum absolute atomic E-state index is 12.3. The van der Waals surface area contributed by atoms with Gasteiger partial charge in [0.1, 0.15) is 12.9 Å². The van der Waals surface area contributed by atoms with Crippen molar-refractivity contribution in [1.82, 2.24) is 29.7 Å². The number of hydrogen-bond donors (Lipinski definition) is 4. The highest BCUT2D eigenvalue weighted by Crippen LogP contribution is 2.43. The molecule has 2 aliphatic rings. The zero-order valence-corrected chi connectivity index (χ0v) is 28.3. The number of anilines is 1. The number of halogens is 1. The molecule has 4 heterocycles. The van der Waals surface area contributed by atoms with Crippen LogP contribution < -0.4 is 32.0 Å². The number of nitrogens with zero attached hydrogens (tertiary/aromatic N) is 5. The van der Waals surface area contributed by atoms with E-state index >= 15 is 0 Å². The van der Waals surface area contributed by atoms with Crippen LogP contribution in [0.1, 0.15) is 38.5 Å². The molecule has 254 valence electrons. The molecule has 1 unspecified atom stereocenters. The van der Waals surface area contributed by atoms with Crippen LogP contribution in [0, 0.1) is 5.92 Å². The number of nitrogens with two attached hydrogens (primary N) is 3. The number of aromatic nitrogens is 4. The molecule has 2 aromatic heterocycles. The molecule has 2 aliphatic heterocycles. The van der Waals surface area contributed by atoms with E-state index in [1.54, 1.807) is 0 Å². The van der Waals surface area contributed by atoms with E-state index in [4.69, 9.17) is 36.4 Å². The van der Waals surface area contributed by atoms with Crippen molar-refractivity contribution in [2.75, 3.05) is 45.3 Å². The van der Waals surface area contributed by atoms with Gasteiger partial charge in [0.2, 0.25) is 12.7 Å². The first-order chi connectivity index (χ1) is 22.7. The summed E-state index contributed by atoms with van der Waals surface area (Å²) in [5.41, 5.74) is 18.7. The van der Waals surface area contributed by atoms with Crippen LogP contribution >= 0.6 is 27.7 Å². The Balaban J connectivity index is 1.11. The number of piperidine rings is 1. The molecule has 0 radical (unpaired) electrons. The molecule has 1 aromatic carbocycles. The van der Waals surface area contributed by atoms with Gasteiger partial charge in [0, 0.05) is 22.5 Å². The average molecular weight is 735 g/mol. The summed E-state index contributed by atoms with van der Waals surface area (Å²) in [7, 11) is 0. The van der Waals surface area contributed by atoms with Crippen LogP contribution in [0.25, 0.3) is 11.2 Å². The van der Waals surface area contributed by atoms with Crippen molar-refractivity contribution in [1.29, 1.82) is 0 Å². The molecule has 3 aromatic rings. The van der Waals surface area contributed by atoms with E-state index in [9.17, 15) is 14.4 Å². The number of nitrogen functional groups attached to an aromatic ring is 1. The van der Waals surface area contributed by atoms with Gasteiger partial charge in [-0.2, -0.15) is 0 Å². The molecular weight excluding hydrogens is 694 g/mol. The summed E-state index contributed by atoms with van der Waals surface area (Å²) in [5.74, 6) is 1.00. The Kier molecular flexibility index (Phi) is 12.3. The summed E-state index contributed by atoms with van der Waals surface area (Å²) in [6, 6.07) is 3.09. The Morgan fingerprint density at radius 3 is 2.70 bits per heavy atom. The van der Waals surface area contributed by atoms with Gasteiger partial charge in [-0.3, -0.25) is 19.3 Å². The fourth-order valence-corrected chi connectivity index (χ4v) is 7.07. The molecule has 15 nitrogen and oxygen atoms in total. The van der Waals surface area contributed by atoms with Crippen molar-refractivity contribution in [2.24, 2.45) is 17.4 Å². The molecule has 1 amide bonds. The van der Waals surface area contributed by atoms with Crippen LogP contribution in [0.15, 0.2) is 33.0 Å². The highest BCUT2D eigenvalue weighted by molar-refractivity contribution is 9.10. The van der Waals surface area contributed by atoms with Crippen molar-refractivity contribution < 1.29 is 28.6 Å². The lowest BCUT2D eigenvalue weighted by Gasteiger charge is -2.33. The summed E-state index contributed by atoms with van der Waals surface area (Å²) in [4.78, 5) is 52.6. The summed E-state index contributed by atoms with van der Waals surface area (Å²) >= 11 is 5.12. The van der Waals surface area contributed by atoms with E-state index in [1.165, 1.54) is 18.1 Å². The molecule has 7 N–H and O–H groups in total. The van der Waals surface area contributed by atoms with Crippen LogP contribution in [0.4, 0.5) is 5.82 Å². The molecule has 5 rings (SSSR count). The fourth-order valence-electron chi connectivity index (χ4n) is 5.56. The Hall–Kier alpha value is -3.51. The van der Waals surface area contributed by atoms with E-state index in [1.807, 2.05) is 12.1 Å². The average Bonchev–Trinajstić information content (AvgIpc) is 3.67. The Morgan fingerprint density at radius 1 is 1.19 bits per heavy atom. The quantitative estimate of drug-likeness (QED) is 0.0939. The largest absolute Gasteiger partial charge is 0.454 e. The number of hydrogen-bond acceptors (Lipinski definition) is 14. The molecule has 0 bridgehead atoms. The second-order valence-electron chi connectivity index (χ2n) is 11.5. The molecule has 2 atom stereocenters. The maximum Gasteiger partial charge on any atom is 0.326 e. The van der Waals surface area contributed by atoms with Gasteiger partial charge >= 0.3 is 5.97 Å². The van der Waals surface area contributed by atoms with Gasteiger partial charge in [-0.15, -0.1) is 0 Å². The summed E-state index contributed by atoms with van der Waals surface area (Å²) < 4.78 is 19.3. The predicted octanol–water partition coefficient (Wildman–Crippen LogP) is 1.84. The minimum atomic E-state index is -0.924. The Morgan fingerprint density at radius 2 is 1.96 bits per heavy atom. The van der Waals surface area contributed by atoms with Gasteiger partial charge in [-0.05, 0) is 85.7 Å². The zero-order valence-electron chi connectivity index (χ0n) is 25.9. The first-order valence-electron chi connectivity index (χ1n) is 15.6. The molecule has 17 heteroatoms. The number of amides is 1. The number of aldehydes is 1. The van der Waals surface area contributed by atoms with Crippen molar-refractivity contribution in [3.05, 3.63) is 22.9 Å². The number of carbonyl (C=O) groups is 3. The predicted molar refractivity (Wildman–Crippen MR) is 178 cm³/mol. The number of nitrogens with one attached hydrogen (secondary N) is 1. The SMILES string of the molecule is NCCCC[C@H](N)C(=O)NCC(=O)OC(C=O)CN1CCC(CCn2c(Sc3cc4c(cc3Br)OCO4)nc3c(N)ncnc32)CC1. The number of ether oxygens (including phenoxy) is 3. The lowest BCUT2D eigenvalue weighted by molar-refractivity contribution is -0.152. The van der Waals surface area contributed by atoms with E-state index < -0.39 is 24.0 Å². The Bertz CT molecular complexity index is 1570. The fraction of sp³-hybridized carbons (Fsp3) is 0.533. The molecular formula is C30H40BrN9O6S. The van der Waals surface area contributed by atoms with Crippen molar-refractivity contribution in [3.8, 4) is 11.5 Å². The zero-order chi connectivity index (χ0) is 33.3. The van der Waals surface area contributed by atoms with Crippen LogP contribution in [0.2, 0.25) is 0 Å². The topological polar surface area (TPSA) is 216 Å². The van der Waals surface area contributed by atoms with Gasteiger partial charge in [-0.25, -0.2) is 15.0 Å². The lowest BCUT2D eigenvalue weighted by atomic mass is 9.93. The van der Waals surface area contributed by atoms with E-state index in [-0.39, 0.29) is 13.3 Å². The van der Waals surface area contributed by atoms with Crippen molar-refractivity contribution in [2.45, 2.75) is 67.3 Å². The highest BCUT2D eigenvalue weighted by Gasteiger charge is 2.26. The lowest BCUT2D eigenvalue weighted by Crippen LogP contribution is -2.45. The maximum atomic E-state index is 12.3. The van der Waals surface area contributed by atoms with Gasteiger partial charge in [0.05, 0.1) is 6.04 Å². The molecule has 1 fully saturated rings. The van der Waals surface area contributed by atoms with Gasteiger partial charge < -0.3 is 41.3 Å². The first-order valence-corrected chi connectivity index (χ1v) is 17.2. The van der Waals surface area contributed by atoms with Crippen LogP contribution in [0.5, 0.6) is 11.5 Å². The molecule has 0 aliphatic carbocycles. The molecule has 47 heavy (non-hydrogen) atoms. The van der Waals surface area contributed by atoms with Crippen LogP contribution in [0.3, 0.4) is 0 Å². The van der Waals surface area contributed by atoms with E-state index in [0.717, 1.165) is 59.7 Å². The number of benzene rings is 1. The van der Waals surface area contributed by atoms with Crippen molar-refractivity contribution >= 4 is 62.8 Å². The Labute approximate surface area is 284 Å². The smallest absolute Gasteiger partial charge is 0.326 e. The molecule has 0 saturated carbocycles. The van der Waals surface area contributed by atoms with Crippen LogP contribution in [-0.2, 0) is 25.7 Å². The van der Waals surface area contributed by atoms with Gasteiger partial charge in [0.15, 0.2) is 46.0 Å². The standard InChI is InChI=1S/C30H40BrN9O6S/c31-20-11-22-23(45-17-44-22)12-24(20)47-30-38-26-27(34)36-16-37-28(26)40(30)10-6-18-4-8-39(9-5-18)14-19(15-41)46-25(42)13-35-29(43)21(33)3-1-2-7-32/h11-12,15-16,18-19,21H,1-10,13-14,17,32-33H2,(H,35,43)(H2,34,36,37)/t19?,21-/m0/s1. The molecule has 1 saturated heterocycles. The second-order valence-corrected chi connectivity index (χ2v) is 13.4. The number of unbranched alkanes of at least 4 members (excludes halogenated alkanes) is 1. The number of aryl methyl sites for hydroxylation is 1. The number of likely N-dealkylation sites (tertiary alicyclic amines) is 1. The first kappa shape index (κ1) is 34.8. The number of esters is 1. The second kappa shape index (κ2) is 16.5. The third kappa shape index (κ3) is 9.10. The van der Waals surface area contributed by atoms with E-state index in [2.05, 4.69) is 40.7 Å². The van der Waals surface area contributed by atoms with E-state index in [0.29, 0.717) is 66.7 Å². The number of rotatable bonds is 16. The minimum Gasteiger partial charge on any atom is -0.454 e. The summed E-state index contributed by atoms with van der Waals surface area (Å²) in [6.45, 7) is 2.86. The highest BCUT2D eigenvalue weighted by atomic mass is 79.9.